The Morgan fingerprint density at radius 3 is 2.35 bits per heavy atom. The van der Waals surface area contributed by atoms with Crippen LogP contribution in [-0.2, 0) is 9.59 Å². The van der Waals surface area contributed by atoms with Crippen LogP contribution in [0.4, 0.5) is 11.4 Å². The van der Waals surface area contributed by atoms with Gasteiger partial charge in [-0.1, -0.05) is 6.92 Å². The molecule has 2 amide bonds. The molecule has 1 aromatic carbocycles. The number of nitrogens with one attached hydrogen (secondary N) is 1. The van der Waals surface area contributed by atoms with Crippen molar-refractivity contribution < 1.29 is 9.59 Å². The second-order valence-electron chi connectivity index (χ2n) is 6.19. The highest BCUT2D eigenvalue weighted by molar-refractivity contribution is 5.97. The first-order valence-corrected chi connectivity index (χ1v) is 8.43. The quantitative estimate of drug-likeness (QED) is 0.877. The highest BCUT2D eigenvalue weighted by atomic mass is 16.2. The van der Waals surface area contributed by atoms with Gasteiger partial charge in [0.15, 0.2) is 0 Å². The topological polar surface area (TPSA) is 52.7 Å². The summed E-state index contributed by atoms with van der Waals surface area (Å²) in [7, 11) is 0. The molecular formula is C18H27N3O2. The zero-order valence-electron chi connectivity index (χ0n) is 14.3. The van der Waals surface area contributed by atoms with Gasteiger partial charge in [-0.05, 0) is 50.5 Å². The van der Waals surface area contributed by atoms with Crippen LogP contribution >= 0.6 is 0 Å². The van der Waals surface area contributed by atoms with Crippen LogP contribution in [0.2, 0.25) is 0 Å². The fraction of sp³-hybridized carbons (Fsp3) is 0.556. The van der Waals surface area contributed by atoms with Gasteiger partial charge in [0.25, 0.3) is 0 Å². The Morgan fingerprint density at radius 2 is 1.83 bits per heavy atom. The zero-order valence-corrected chi connectivity index (χ0v) is 14.3. The number of benzene rings is 1. The van der Waals surface area contributed by atoms with Gasteiger partial charge in [-0.25, -0.2) is 0 Å². The number of hydrogen-bond acceptors (Lipinski definition) is 3. The fourth-order valence-electron chi connectivity index (χ4n) is 2.77. The molecule has 0 aromatic heterocycles. The number of nitrogens with zero attached hydrogens (tertiary/aromatic N) is 2. The molecule has 1 aliphatic rings. The summed E-state index contributed by atoms with van der Waals surface area (Å²) in [5, 5.41) is 2.90. The monoisotopic (exact) mass is 317 g/mol. The van der Waals surface area contributed by atoms with Crippen LogP contribution < -0.4 is 15.1 Å². The summed E-state index contributed by atoms with van der Waals surface area (Å²) in [5.41, 5.74) is 1.94. The second kappa shape index (κ2) is 7.99. The summed E-state index contributed by atoms with van der Waals surface area (Å²) in [6.45, 7) is 7.71. The van der Waals surface area contributed by atoms with E-state index in [4.69, 9.17) is 0 Å². The lowest BCUT2D eigenvalue weighted by atomic mass is 10.2. The molecular weight excluding hydrogens is 290 g/mol. The molecule has 1 unspecified atom stereocenters. The second-order valence-corrected chi connectivity index (χ2v) is 6.19. The van der Waals surface area contributed by atoms with E-state index in [9.17, 15) is 9.59 Å². The third-order valence-corrected chi connectivity index (χ3v) is 4.33. The van der Waals surface area contributed by atoms with Crippen LogP contribution in [0, 0.1) is 0 Å². The van der Waals surface area contributed by atoms with Gasteiger partial charge in [-0.3, -0.25) is 9.59 Å². The molecule has 0 bridgehead atoms. The van der Waals surface area contributed by atoms with Crippen LogP contribution in [0.25, 0.3) is 0 Å². The molecule has 2 rings (SSSR count). The predicted octanol–water partition coefficient (Wildman–Crippen LogP) is 2.55. The molecule has 1 N–H and O–H groups in total. The van der Waals surface area contributed by atoms with E-state index in [1.807, 2.05) is 38.1 Å². The number of carbonyl (C=O) groups excluding carboxylic acids is 2. The molecule has 23 heavy (non-hydrogen) atoms. The lowest BCUT2D eigenvalue weighted by Crippen LogP contribution is -2.42. The van der Waals surface area contributed by atoms with Crippen LogP contribution in [0.3, 0.4) is 0 Å². The largest absolute Gasteiger partial charge is 0.372 e. The van der Waals surface area contributed by atoms with Crippen molar-refractivity contribution in [2.75, 3.05) is 29.4 Å². The van der Waals surface area contributed by atoms with Crippen molar-refractivity contribution in [2.45, 2.75) is 46.1 Å². The van der Waals surface area contributed by atoms with Crippen LogP contribution in [0.5, 0.6) is 0 Å². The average Bonchev–Trinajstić information content (AvgIpc) is 3.07. The molecule has 5 nitrogen and oxygen atoms in total. The number of anilines is 2. The van der Waals surface area contributed by atoms with Crippen molar-refractivity contribution in [2.24, 2.45) is 0 Å². The minimum absolute atomic E-state index is 0.0583. The maximum absolute atomic E-state index is 12.1. The smallest absolute Gasteiger partial charge is 0.240 e. The van der Waals surface area contributed by atoms with E-state index >= 15 is 0 Å². The third kappa shape index (κ3) is 4.71. The fourth-order valence-corrected chi connectivity index (χ4v) is 2.77. The van der Waals surface area contributed by atoms with Gasteiger partial charge in [0.05, 0.1) is 0 Å². The van der Waals surface area contributed by atoms with Crippen molar-refractivity contribution in [1.29, 1.82) is 0 Å². The predicted molar refractivity (Wildman–Crippen MR) is 93.8 cm³/mol. The minimum Gasteiger partial charge on any atom is -0.372 e. The number of amides is 2. The van der Waals surface area contributed by atoms with Crippen molar-refractivity contribution in [3.8, 4) is 0 Å². The minimum atomic E-state index is -0.127. The molecule has 5 heteroatoms. The highest BCUT2D eigenvalue weighted by Crippen LogP contribution is 2.24. The Balaban J connectivity index is 2.05. The van der Waals surface area contributed by atoms with Gasteiger partial charge in [0.1, 0.15) is 6.54 Å². The summed E-state index contributed by atoms with van der Waals surface area (Å²) < 4.78 is 0. The van der Waals surface area contributed by atoms with Gasteiger partial charge in [-0.2, -0.15) is 0 Å². The molecule has 0 spiro atoms. The molecule has 0 aliphatic carbocycles. The van der Waals surface area contributed by atoms with Gasteiger partial charge >= 0.3 is 0 Å². The Hall–Kier alpha value is -2.04. The van der Waals surface area contributed by atoms with Crippen molar-refractivity contribution in [3.05, 3.63) is 24.3 Å². The van der Waals surface area contributed by atoms with E-state index in [2.05, 4.69) is 10.2 Å². The molecule has 1 saturated heterocycles. The summed E-state index contributed by atoms with van der Waals surface area (Å²) >= 11 is 0. The Morgan fingerprint density at radius 1 is 1.22 bits per heavy atom. The molecule has 1 heterocycles. The lowest BCUT2D eigenvalue weighted by molar-refractivity contribution is -0.123. The summed E-state index contributed by atoms with van der Waals surface area (Å²) in [6, 6.07) is 8.03. The molecule has 0 radical (unpaired) electrons. The van der Waals surface area contributed by atoms with Crippen LogP contribution in [0.1, 0.15) is 40.0 Å². The summed E-state index contributed by atoms with van der Waals surface area (Å²) in [5.74, 6) is -0.253. The van der Waals surface area contributed by atoms with E-state index in [1.54, 1.807) is 0 Å². The van der Waals surface area contributed by atoms with Gasteiger partial charge in [0.2, 0.25) is 11.8 Å². The van der Waals surface area contributed by atoms with E-state index in [-0.39, 0.29) is 24.4 Å². The average molecular weight is 317 g/mol. The number of hydrogen-bond donors (Lipinski definition) is 1. The standard InChI is InChI=1S/C18H27N3O2/c1-4-14(2)19-18(23)13-21(15(3)22)17-9-7-16(8-10-17)20-11-5-6-12-20/h7-10,14H,4-6,11-13H2,1-3H3,(H,19,23). The first-order valence-electron chi connectivity index (χ1n) is 8.43. The van der Waals surface area contributed by atoms with Crippen molar-refractivity contribution in [3.63, 3.8) is 0 Å². The molecule has 0 saturated carbocycles. The molecule has 1 aliphatic heterocycles. The van der Waals surface area contributed by atoms with Crippen LogP contribution in [-0.4, -0.2) is 37.5 Å². The van der Waals surface area contributed by atoms with E-state index in [0.717, 1.165) is 25.2 Å². The van der Waals surface area contributed by atoms with Crippen molar-refractivity contribution in [1.82, 2.24) is 5.32 Å². The zero-order chi connectivity index (χ0) is 16.8. The Labute approximate surface area is 138 Å². The molecule has 1 fully saturated rings. The maximum atomic E-state index is 12.1. The van der Waals surface area contributed by atoms with Crippen molar-refractivity contribution >= 4 is 23.2 Å². The van der Waals surface area contributed by atoms with E-state index in [0.29, 0.717) is 0 Å². The van der Waals surface area contributed by atoms with Crippen LogP contribution in [0.15, 0.2) is 24.3 Å². The van der Waals surface area contributed by atoms with E-state index < -0.39 is 0 Å². The molecule has 1 atom stereocenters. The number of rotatable bonds is 6. The summed E-state index contributed by atoms with van der Waals surface area (Å²) in [4.78, 5) is 27.8. The first-order chi connectivity index (χ1) is 11.0. The maximum Gasteiger partial charge on any atom is 0.240 e. The normalized spacial score (nSPS) is 15.3. The Bertz CT molecular complexity index is 536. The molecule has 126 valence electrons. The lowest BCUT2D eigenvalue weighted by Gasteiger charge is -2.23. The third-order valence-electron chi connectivity index (χ3n) is 4.33. The first kappa shape index (κ1) is 17.3. The Kier molecular flexibility index (Phi) is 6.02. The SMILES string of the molecule is CCC(C)NC(=O)CN(C(C)=O)c1ccc(N2CCCC2)cc1. The van der Waals surface area contributed by atoms with Gasteiger partial charge in [0, 0.05) is 37.4 Å². The highest BCUT2D eigenvalue weighted by Gasteiger charge is 2.18. The van der Waals surface area contributed by atoms with Gasteiger partial charge < -0.3 is 15.1 Å². The van der Waals surface area contributed by atoms with Gasteiger partial charge in [-0.15, -0.1) is 0 Å². The van der Waals surface area contributed by atoms with E-state index in [1.165, 1.54) is 30.4 Å². The summed E-state index contributed by atoms with van der Waals surface area (Å²) in [6.07, 6.45) is 3.34. The molecule has 1 aromatic rings. The number of carbonyl (C=O) groups is 2.